The minimum Gasteiger partial charge on any atom is -0.314 e. The lowest BCUT2D eigenvalue weighted by Crippen LogP contribution is -2.42. The fourth-order valence-corrected chi connectivity index (χ4v) is 2.77. The average molecular weight is 259 g/mol. The van der Waals surface area contributed by atoms with Crippen LogP contribution in [0.2, 0.25) is 0 Å². The molecule has 0 aromatic carbocycles. The fourth-order valence-electron chi connectivity index (χ4n) is 2.77. The molecule has 0 atom stereocenters. The summed E-state index contributed by atoms with van der Waals surface area (Å²) in [6, 6.07) is 5.07. The van der Waals surface area contributed by atoms with Gasteiger partial charge in [-0.3, -0.25) is 9.88 Å². The second-order valence-corrected chi connectivity index (χ2v) is 6.23. The molecule has 2 fully saturated rings. The number of rotatable bonds is 5. The number of piperidine rings is 1. The molecular formula is C16H25N3. The summed E-state index contributed by atoms with van der Waals surface area (Å²) in [5.41, 5.74) is 2.45. The van der Waals surface area contributed by atoms with E-state index in [9.17, 15) is 0 Å². The minimum atomic E-state index is 0.753. The smallest absolute Gasteiger partial charge is 0.0544 e. The van der Waals surface area contributed by atoms with Gasteiger partial charge in [0.2, 0.25) is 0 Å². The van der Waals surface area contributed by atoms with Gasteiger partial charge in [0.15, 0.2) is 0 Å². The Labute approximate surface area is 116 Å². The topological polar surface area (TPSA) is 28.2 Å². The van der Waals surface area contributed by atoms with Crippen LogP contribution in [0.5, 0.6) is 0 Å². The molecule has 3 rings (SSSR count). The van der Waals surface area contributed by atoms with Crippen LogP contribution in [0.1, 0.15) is 36.9 Å². The highest BCUT2D eigenvalue weighted by atomic mass is 15.1. The Bertz CT molecular complexity index is 389. The van der Waals surface area contributed by atoms with Gasteiger partial charge < -0.3 is 5.32 Å². The van der Waals surface area contributed by atoms with Gasteiger partial charge in [-0.15, -0.1) is 0 Å². The van der Waals surface area contributed by atoms with E-state index in [0.29, 0.717) is 0 Å². The van der Waals surface area contributed by atoms with Gasteiger partial charge in [0.25, 0.3) is 0 Å². The van der Waals surface area contributed by atoms with Crippen molar-refractivity contribution in [1.29, 1.82) is 0 Å². The van der Waals surface area contributed by atoms with Crippen LogP contribution in [-0.2, 0) is 6.54 Å². The van der Waals surface area contributed by atoms with Crippen molar-refractivity contribution < 1.29 is 0 Å². The molecule has 0 amide bonds. The summed E-state index contributed by atoms with van der Waals surface area (Å²) in [4.78, 5) is 7.04. The molecule has 3 heteroatoms. The Morgan fingerprint density at radius 2 is 2.00 bits per heavy atom. The lowest BCUT2D eigenvalue weighted by molar-refractivity contribution is 0.188. The molecule has 2 aliphatic rings. The van der Waals surface area contributed by atoms with E-state index in [0.717, 1.165) is 18.5 Å². The molecule has 1 saturated carbocycles. The molecule has 1 aromatic rings. The van der Waals surface area contributed by atoms with Crippen molar-refractivity contribution >= 4 is 0 Å². The maximum absolute atomic E-state index is 4.50. The van der Waals surface area contributed by atoms with Crippen LogP contribution in [0.25, 0.3) is 0 Å². The van der Waals surface area contributed by atoms with Crippen LogP contribution in [0.15, 0.2) is 18.3 Å². The van der Waals surface area contributed by atoms with Gasteiger partial charge in [-0.2, -0.15) is 0 Å². The molecule has 1 saturated heterocycles. The molecule has 1 aromatic heterocycles. The molecule has 0 spiro atoms. The molecule has 1 aliphatic heterocycles. The summed E-state index contributed by atoms with van der Waals surface area (Å²) in [5.74, 6) is 0.995. The third-order valence-electron chi connectivity index (χ3n) is 4.34. The molecule has 0 radical (unpaired) electrons. The van der Waals surface area contributed by atoms with Crippen molar-refractivity contribution in [1.82, 2.24) is 15.2 Å². The molecule has 1 aliphatic carbocycles. The van der Waals surface area contributed by atoms with Crippen molar-refractivity contribution in [3.8, 4) is 0 Å². The van der Waals surface area contributed by atoms with Gasteiger partial charge in [0.1, 0.15) is 0 Å². The zero-order valence-corrected chi connectivity index (χ0v) is 11.9. The van der Waals surface area contributed by atoms with E-state index >= 15 is 0 Å². The maximum Gasteiger partial charge on any atom is 0.0544 e. The van der Waals surface area contributed by atoms with Gasteiger partial charge in [-0.25, -0.2) is 0 Å². The van der Waals surface area contributed by atoms with Gasteiger partial charge in [-0.05, 0) is 56.7 Å². The van der Waals surface area contributed by atoms with E-state index in [1.165, 1.54) is 56.6 Å². The van der Waals surface area contributed by atoms with Crippen LogP contribution >= 0.6 is 0 Å². The molecule has 0 bridgehead atoms. The molecule has 104 valence electrons. The number of aromatic nitrogens is 1. The Morgan fingerprint density at radius 3 is 2.63 bits per heavy atom. The lowest BCUT2D eigenvalue weighted by atomic mass is 10.0. The SMILES string of the molecule is Cc1ccc(CN2CCC(NCC3CC3)CC2)nc1. The van der Waals surface area contributed by atoms with Gasteiger partial charge in [-0.1, -0.05) is 6.07 Å². The molecule has 19 heavy (non-hydrogen) atoms. The van der Waals surface area contributed by atoms with E-state index in [1.807, 2.05) is 6.20 Å². The summed E-state index contributed by atoms with van der Waals surface area (Å²) in [6.45, 7) is 6.77. The normalized spacial score (nSPS) is 21.7. The number of hydrogen-bond donors (Lipinski definition) is 1. The predicted octanol–water partition coefficient (Wildman–Crippen LogP) is 2.35. The molecule has 2 heterocycles. The van der Waals surface area contributed by atoms with Gasteiger partial charge in [0, 0.05) is 31.9 Å². The molecule has 0 unspecified atom stereocenters. The maximum atomic E-state index is 4.50. The standard InChI is InChI=1S/C16H25N3/c1-13-2-5-16(17-10-13)12-19-8-6-15(7-9-19)18-11-14-3-4-14/h2,5,10,14-15,18H,3-4,6-9,11-12H2,1H3. The number of aryl methyl sites for hydroxylation is 1. The monoisotopic (exact) mass is 259 g/mol. The summed E-state index contributed by atoms with van der Waals surface area (Å²) >= 11 is 0. The van der Waals surface area contributed by atoms with E-state index in [4.69, 9.17) is 0 Å². The second kappa shape index (κ2) is 6.02. The van der Waals surface area contributed by atoms with Crippen molar-refractivity contribution in [2.45, 2.75) is 45.2 Å². The zero-order valence-electron chi connectivity index (χ0n) is 11.9. The Balaban J connectivity index is 1.40. The number of likely N-dealkylation sites (tertiary alicyclic amines) is 1. The molecule has 1 N–H and O–H groups in total. The summed E-state index contributed by atoms with van der Waals surface area (Å²) in [7, 11) is 0. The number of hydrogen-bond acceptors (Lipinski definition) is 3. The first-order chi connectivity index (χ1) is 9.29. The number of nitrogens with zero attached hydrogens (tertiary/aromatic N) is 2. The summed E-state index contributed by atoms with van der Waals surface area (Å²) in [6.07, 6.45) is 7.45. The highest BCUT2D eigenvalue weighted by Crippen LogP contribution is 2.28. The molecular weight excluding hydrogens is 234 g/mol. The Kier molecular flexibility index (Phi) is 4.14. The average Bonchev–Trinajstić information content (AvgIpc) is 3.25. The van der Waals surface area contributed by atoms with Crippen molar-refractivity contribution in [3.05, 3.63) is 29.6 Å². The third-order valence-corrected chi connectivity index (χ3v) is 4.34. The van der Waals surface area contributed by atoms with Crippen LogP contribution in [0.3, 0.4) is 0 Å². The quantitative estimate of drug-likeness (QED) is 0.880. The Hall–Kier alpha value is -0.930. The minimum absolute atomic E-state index is 0.753. The fraction of sp³-hybridized carbons (Fsp3) is 0.688. The highest BCUT2D eigenvalue weighted by molar-refractivity contribution is 5.12. The highest BCUT2D eigenvalue weighted by Gasteiger charge is 2.24. The van der Waals surface area contributed by atoms with Gasteiger partial charge in [0.05, 0.1) is 5.69 Å². The van der Waals surface area contributed by atoms with Gasteiger partial charge >= 0.3 is 0 Å². The number of pyridine rings is 1. The number of nitrogens with one attached hydrogen (secondary N) is 1. The first kappa shape index (κ1) is 13.1. The largest absolute Gasteiger partial charge is 0.314 e. The van der Waals surface area contributed by atoms with Crippen LogP contribution in [0, 0.1) is 12.8 Å². The third kappa shape index (κ3) is 4.02. The van der Waals surface area contributed by atoms with E-state index in [2.05, 4.69) is 34.3 Å². The summed E-state index contributed by atoms with van der Waals surface area (Å²) in [5, 5.41) is 3.73. The van der Waals surface area contributed by atoms with E-state index < -0.39 is 0 Å². The zero-order chi connectivity index (χ0) is 13.1. The van der Waals surface area contributed by atoms with Crippen molar-refractivity contribution in [2.24, 2.45) is 5.92 Å². The second-order valence-electron chi connectivity index (χ2n) is 6.23. The lowest BCUT2D eigenvalue weighted by Gasteiger charge is -2.32. The van der Waals surface area contributed by atoms with Crippen LogP contribution < -0.4 is 5.32 Å². The predicted molar refractivity (Wildman–Crippen MR) is 78.0 cm³/mol. The van der Waals surface area contributed by atoms with Crippen molar-refractivity contribution in [2.75, 3.05) is 19.6 Å². The Morgan fingerprint density at radius 1 is 1.21 bits per heavy atom. The van der Waals surface area contributed by atoms with Crippen LogP contribution in [-0.4, -0.2) is 35.6 Å². The summed E-state index contributed by atoms with van der Waals surface area (Å²) < 4.78 is 0. The van der Waals surface area contributed by atoms with Crippen LogP contribution in [0.4, 0.5) is 0 Å². The molecule has 3 nitrogen and oxygen atoms in total. The first-order valence-electron chi connectivity index (χ1n) is 7.67. The van der Waals surface area contributed by atoms with E-state index in [-0.39, 0.29) is 0 Å². The first-order valence-corrected chi connectivity index (χ1v) is 7.67. The van der Waals surface area contributed by atoms with E-state index in [1.54, 1.807) is 0 Å². The van der Waals surface area contributed by atoms with Crippen molar-refractivity contribution in [3.63, 3.8) is 0 Å².